The minimum absolute atomic E-state index is 0.210. The first-order valence-corrected chi connectivity index (χ1v) is 11.3. The topological polar surface area (TPSA) is 70.6 Å². The van der Waals surface area contributed by atoms with Gasteiger partial charge in [0.05, 0.1) is 32.9 Å². The van der Waals surface area contributed by atoms with Crippen molar-refractivity contribution in [1.82, 2.24) is 20.4 Å². The number of hydrogen-bond acceptors (Lipinski definition) is 6. The van der Waals surface area contributed by atoms with Crippen LogP contribution in [-0.4, -0.2) is 103 Å². The van der Waals surface area contributed by atoms with Gasteiger partial charge in [-0.25, -0.2) is 0 Å². The zero-order valence-corrected chi connectivity index (χ0v) is 19.7. The first-order chi connectivity index (χ1) is 15.2. The first kappa shape index (κ1) is 25.4. The van der Waals surface area contributed by atoms with Gasteiger partial charge in [-0.1, -0.05) is 12.1 Å². The number of benzene rings is 1. The van der Waals surface area contributed by atoms with Gasteiger partial charge in [0.25, 0.3) is 0 Å². The van der Waals surface area contributed by atoms with Crippen molar-refractivity contribution in [1.29, 1.82) is 0 Å². The molecule has 0 aromatic heterocycles. The van der Waals surface area contributed by atoms with Crippen molar-refractivity contribution in [2.24, 2.45) is 4.99 Å². The van der Waals surface area contributed by atoms with Crippen molar-refractivity contribution < 1.29 is 14.2 Å². The molecule has 0 aliphatic carbocycles. The summed E-state index contributed by atoms with van der Waals surface area (Å²) in [5.74, 6) is 1.73. The van der Waals surface area contributed by atoms with Gasteiger partial charge in [-0.05, 0) is 38.1 Å². The number of hydrogen-bond donors (Lipinski definition) is 2. The standard InChI is InChI=1S/C23H41N5O3/c1-5-24-23(25-11-13-27(2)12-6-16-29-3)26-19-22(28-14-17-31-18-15-28)20-7-9-21(30-4)10-8-20/h7-10,22H,5-6,11-19H2,1-4H3,(H2,24,25,26). The van der Waals surface area contributed by atoms with Gasteiger partial charge in [0.1, 0.15) is 5.75 Å². The van der Waals surface area contributed by atoms with Crippen LogP contribution in [0.4, 0.5) is 0 Å². The summed E-state index contributed by atoms with van der Waals surface area (Å²) in [6.07, 6.45) is 1.05. The van der Waals surface area contributed by atoms with E-state index in [1.54, 1.807) is 14.2 Å². The molecule has 1 heterocycles. The molecule has 1 unspecified atom stereocenters. The Labute approximate surface area is 187 Å². The number of rotatable bonds is 13. The second kappa shape index (κ2) is 15.0. The second-order valence-electron chi connectivity index (χ2n) is 7.73. The van der Waals surface area contributed by atoms with Crippen LogP contribution in [0.5, 0.6) is 5.75 Å². The maximum atomic E-state index is 5.56. The highest BCUT2D eigenvalue weighted by molar-refractivity contribution is 5.79. The zero-order chi connectivity index (χ0) is 22.3. The number of nitrogens with zero attached hydrogens (tertiary/aromatic N) is 3. The van der Waals surface area contributed by atoms with Crippen LogP contribution in [0.1, 0.15) is 24.9 Å². The highest BCUT2D eigenvalue weighted by Crippen LogP contribution is 2.24. The lowest BCUT2D eigenvalue weighted by Crippen LogP contribution is -2.43. The van der Waals surface area contributed by atoms with E-state index in [1.165, 1.54) is 5.56 Å². The SMILES string of the molecule is CCNC(=NCC(c1ccc(OC)cc1)N1CCOCC1)NCCN(C)CCCOC. The third kappa shape index (κ3) is 9.43. The van der Waals surface area contributed by atoms with E-state index in [4.69, 9.17) is 19.2 Å². The molecule has 8 nitrogen and oxygen atoms in total. The predicted octanol–water partition coefficient (Wildman–Crippen LogP) is 1.59. The van der Waals surface area contributed by atoms with Crippen LogP contribution in [0, 0.1) is 0 Å². The van der Waals surface area contributed by atoms with Gasteiger partial charge in [-0.15, -0.1) is 0 Å². The zero-order valence-electron chi connectivity index (χ0n) is 19.7. The maximum absolute atomic E-state index is 5.56. The second-order valence-corrected chi connectivity index (χ2v) is 7.73. The van der Waals surface area contributed by atoms with E-state index < -0.39 is 0 Å². The van der Waals surface area contributed by atoms with Crippen molar-refractivity contribution in [2.75, 3.05) is 86.9 Å². The van der Waals surface area contributed by atoms with Crippen molar-refractivity contribution in [2.45, 2.75) is 19.4 Å². The lowest BCUT2D eigenvalue weighted by atomic mass is 10.0. The minimum Gasteiger partial charge on any atom is -0.497 e. The Bertz CT molecular complexity index is 620. The first-order valence-electron chi connectivity index (χ1n) is 11.3. The van der Waals surface area contributed by atoms with Crippen molar-refractivity contribution >= 4 is 5.96 Å². The van der Waals surface area contributed by atoms with Gasteiger partial charge in [-0.3, -0.25) is 9.89 Å². The lowest BCUT2D eigenvalue weighted by Gasteiger charge is -2.34. The van der Waals surface area contributed by atoms with Crippen LogP contribution in [0.15, 0.2) is 29.3 Å². The Morgan fingerprint density at radius 2 is 1.90 bits per heavy atom. The van der Waals surface area contributed by atoms with Crippen molar-refractivity contribution in [3.8, 4) is 5.75 Å². The van der Waals surface area contributed by atoms with Crippen LogP contribution in [0.2, 0.25) is 0 Å². The number of guanidine groups is 1. The molecule has 0 radical (unpaired) electrons. The van der Waals surface area contributed by atoms with Gasteiger partial charge in [0.15, 0.2) is 5.96 Å². The van der Waals surface area contributed by atoms with Crippen LogP contribution in [0.3, 0.4) is 0 Å². The number of ether oxygens (including phenoxy) is 3. The molecule has 0 spiro atoms. The number of aliphatic imine (C=N–C) groups is 1. The number of likely N-dealkylation sites (N-methyl/N-ethyl adjacent to an activating group) is 1. The molecule has 1 aromatic rings. The van der Waals surface area contributed by atoms with Crippen LogP contribution < -0.4 is 15.4 Å². The molecule has 1 saturated heterocycles. The molecule has 8 heteroatoms. The molecule has 1 atom stereocenters. The van der Waals surface area contributed by atoms with Gasteiger partial charge in [0, 0.05) is 53.0 Å². The molecule has 2 N–H and O–H groups in total. The van der Waals surface area contributed by atoms with E-state index >= 15 is 0 Å². The molecule has 2 rings (SSSR count). The maximum Gasteiger partial charge on any atom is 0.191 e. The summed E-state index contributed by atoms with van der Waals surface area (Å²) in [4.78, 5) is 9.69. The smallest absolute Gasteiger partial charge is 0.191 e. The monoisotopic (exact) mass is 435 g/mol. The van der Waals surface area contributed by atoms with E-state index in [0.717, 1.165) is 77.2 Å². The highest BCUT2D eigenvalue weighted by Gasteiger charge is 2.22. The molecule has 1 aliphatic heterocycles. The van der Waals surface area contributed by atoms with Gasteiger partial charge in [0.2, 0.25) is 0 Å². The van der Waals surface area contributed by atoms with Gasteiger partial charge in [-0.2, -0.15) is 0 Å². The fourth-order valence-electron chi connectivity index (χ4n) is 3.62. The fourth-order valence-corrected chi connectivity index (χ4v) is 3.62. The predicted molar refractivity (Wildman–Crippen MR) is 126 cm³/mol. The van der Waals surface area contributed by atoms with E-state index in [9.17, 15) is 0 Å². The summed E-state index contributed by atoms with van der Waals surface area (Å²) >= 11 is 0. The molecule has 176 valence electrons. The summed E-state index contributed by atoms with van der Waals surface area (Å²) in [7, 11) is 5.58. The quantitative estimate of drug-likeness (QED) is 0.277. The largest absolute Gasteiger partial charge is 0.497 e. The third-order valence-electron chi connectivity index (χ3n) is 5.43. The fraction of sp³-hybridized carbons (Fsp3) is 0.696. The average Bonchev–Trinajstić information content (AvgIpc) is 2.80. The van der Waals surface area contributed by atoms with Crippen LogP contribution in [0.25, 0.3) is 0 Å². The minimum atomic E-state index is 0.210. The highest BCUT2D eigenvalue weighted by atomic mass is 16.5. The molecule has 0 amide bonds. The molecule has 1 aromatic carbocycles. The summed E-state index contributed by atoms with van der Waals surface area (Å²) in [6.45, 7) is 10.6. The van der Waals surface area contributed by atoms with E-state index in [-0.39, 0.29) is 6.04 Å². The molecule has 31 heavy (non-hydrogen) atoms. The third-order valence-corrected chi connectivity index (χ3v) is 5.43. The Hall–Kier alpha value is -1.87. The van der Waals surface area contributed by atoms with Crippen LogP contribution >= 0.6 is 0 Å². The molecule has 1 aliphatic rings. The Morgan fingerprint density at radius 1 is 1.16 bits per heavy atom. The van der Waals surface area contributed by atoms with Gasteiger partial charge >= 0.3 is 0 Å². The Balaban J connectivity index is 1.98. The number of morpholine rings is 1. The normalized spacial score (nSPS) is 16.4. The lowest BCUT2D eigenvalue weighted by molar-refractivity contribution is 0.0179. The summed E-state index contributed by atoms with van der Waals surface area (Å²) in [6, 6.07) is 8.54. The molecule has 1 fully saturated rings. The van der Waals surface area contributed by atoms with E-state index in [2.05, 4.69) is 46.5 Å². The molecule has 0 bridgehead atoms. The summed E-state index contributed by atoms with van der Waals surface area (Å²) in [5.41, 5.74) is 1.25. The molecular weight excluding hydrogens is 394 g/mol. The Morgan fingerprint density at radius 3 is 2.55 bits per heavy atom. The Kier molecular flexibility index (Phi) is 12.3. The van der Waals surface area contributed by atoms with E-state index in [1.807, 2.05) is 12.1 Å². The summed E-state index contributed by atoms with van der Waals surface area (Å²) < 4.78 is 16.0. The number of methoxy groups -OCH3 is 2. The van der Waals surface area contributed by atoms with E-state index in [0.29, 0.717) is 6.54 Å². The van der Waals surface area contributed by atoms with Crippen molar-refractivity contribution in [3.63, 3.8) is 0 Å². The number of nitrogens with one attached hydrogen (secondary N) is 2. The summed E-state index contributed by atoms with van der Waals surface area (Å²) in [5, 5.41) is 6.85. The van der Waals surface area contributed by atoms with Crippen LogP contribution in [-0.2, 0) is 9.47 Å². The van der Waals surface area contributed by atoms with Gasteiger partial charge < -0.3 is 29.7 Å². The molecule has 0 saturated carbocycles. The molecular formula is C23H41N5O3. The van der Waals surface area contributed by atoms with Crippen molar-refractivity contribution in [3.05, 3.63) is 29.8 Å². The average molecular weight is 436 g/mol.